The van der Waals surface area contributed by atoms with E-state index in [0.717, 1.165) is 27.7 Å². The van der Waals surface area contributed by atoms with Crippen LogP contribution in [-0.2, 0) is 22.7 Å². The molecule has 3 aromatic carbocycles. The number of halogens is 4. The standard InChI is InChI=1S/C24H24ClF3N2O2S/c1-3-29(23-14-6-5-13-22(23)25)17-18-9-7-11-20(15-18)30(4-2)33(31,32)21-12-8-10-19(16-21)24(26,27)28/h5-16H,3-4,17H2,1-2H3. The second-order valence-electron chi connectivity index (χ2n) is 7.33. The number of hydrogen-bond acceptors (Lipinski definition) is 3. The molecule has 0 aliphatic rings. The maximum absolute atomic E-state index is 13.2. The predicted molar refractivity (Wildman–Crippen MR) is 126 cm³/mol. The number of anilines is 2. The summed E-state index contributed by atoms with van der Waals surface area (Å²) >= 11 is 6.33. The molecule has 0 radical (unpaired) electrons. The van der Waals surface area contributed by atoms with E-state index in [-0.39, 0.29) is 6.54 Å². The van der Waals surface area contributed by atoms with Crippen molar-refractivity contribution in [2.24, 2.45) is 0 Å². The molecule has 3 rings (SSSR count). The Hall–Kier alpha value is -2.71. The minimum atomic E-state index is -4.63. The molecule has 0 bridgehead atoms. The molecule has 0 aliphatic heterocycles. The average Bonchev–Trinajstić information content (AvgIpc) is 2.78. The first-order valence-electron chi connectivity index (χ1n) is 10.4. The predicted octanol–water partition coefficient (Wildman–Crippen LogP) is 6.60. The zero-order chi connectivity index (χ0) is 24.2. The Morgan fingerprint density at radius 2 is 1.58 bits per heavy atom. The van der Waals surface area contributed by atoms with Gasteiger partial charge in [-0.15, -0.1) is 0 Å². The Labute approximate surface area is 197 Å². The molecule has 0 amide bonds. The van der Waals surface area contributed by atoms with E-state index in [4.69, 9.17) is 11.6 Å². The molecule has 0 saturated carbocycles. The van der Waals surface area contributed by atoms with Crippen molar-refractivity contribution in [1.29, 1.82) is 0 Å². The van der Waals surface area contributed by atoms with E-state index in [0.29, 0.717) is 29.9 Å². The Balaban J connectivity index is 1.94. The van der Waals surface area contributed by atoms with Crippen LogP contribution in [0.5, 0.6) is 0 Å². The van der Waals surface area contributed by atoms with Gasteiger partial charge in [0.15, 0.2) is 0 Å². The molecular formula is C24H24ClF3N2O2S. The third-order valence-corrected chi connectivity index (χ3v) is 7.40. The van der Waals surface area contributed by atoms with E-state index in [9.17, 15) is 21.6 Å². The van der Waals surface area contributed by atoms with Crippen LogP contribution >= 0.6 is 11.6 Å². The van der Waals surface area contributed by atoms with Crippen molar-refractivity contribution in [3.8, 4) is 0 Å². The molecule has 0 unspecified atom stereocenters. The lowest BCUT2D eigenvalue weighted by atomic mass is 10.1. The van der Waals surface area contributed by atoms with Gasteiger partial charge in [0, 0.05) is 19.6 Å². The van der Waals surface area contributed by atoms with Crippen molar-refractivity contribution >= 4 is 33.0 Å². The Morgan fingerprint density at radius 1 is 0.879 bits per heavy atom. The zero-order valence-electron chi connectivity index (χ0n) is 18.2. The largest absolute Gasteiger partial charge is 0.416 e. The summed E-state index contributed by atoms with van der Waals surface area (Å²) in [4.78, 5) is 1.65. The molecule has 176 valence electrons. The summed E-state index contributed by atoms with van der Waals surface area (Å²) in [7, 11) is -4.20. The molecule has 0 atom stereocenters. The topological polar surface area (TPSA) is 40.6 Å². The van der Waals surface area contributed by atoms with Gasteiger partial charge in [-0.2, -0.15) is 13.2 Å². The van der Waals surface area contributed by atoms with Crippen LogP contribution in [-0.4, -0.2) is 21.5 Å². The minimum absolute atomic E-state index is 0.0596. The van der Waals surface area contributed by atoms with Crippen LogP contribution in [0, 0.1) is 0 Å². The first-order valence-corrected chi connectivity index (χ1v) is 12.2. The van der Waals surface area contributed by atoms with Gasteiger partial charge in [-0.05, 0) is 61.9 Å². The molecule has 4 nitrogen and oxygen atoms in total. The monoisotopic (exact) mass is 496 g/mol. The third-order valence-electron chi connectivity index (χ3n) is 5.18. The van der Waals surface area contributed by atoms with Crippen LogP contribution in [0.15, 0.2) is 77.7 Å². The summed E-state index contributed by atoms with van der Waals surface area (Å²) in [5.41, 5.74) is 1.07. The van der Waals surface area contributed by atoms with Crippen molar-refractivity contribution in [2.75, 3.05) is 22.3 Å². The van der Waals surface area contributed by atoms with Crippen molar-refractivity contribution < 1.29 is 21.6 Å². The summed E-state index contributed by atoms with van der Waals surface area (Å²) in [5.74, 6) is 0. The van der Waals surface area contributed by atoms with E-state index in [1.165, 1.54) is 6.07 Å². The van der Waals surface area contributed by atoms with E-state index in [1.807, 2.05) is 31.2 Å². The average molecular weight is 497 g/mol. The minimum Gasteiger partial charge on any atom is -0.366 e. The highest BCUT2D eigenvalue weighted by atomic mass is 35.5. The van der Waals surface area contributed by atoms with Crippen molar-refractivity contribution in [3.63, 3.8) is 0 Å². The molecule has 0 heterocycles. The Bertz CT molecular complexity index is 1220. The smallest absolute Gasteiger partial charge is 0.366 e. The number of benzene rings is 3. The number of rotatable bonds is 8. The van der Waals surface area contributed by atoms with Crippen molar-refractivity contribution in [1.82, 2.24) is 0 Å². The van der Waals surface area contributed by atoms with E-state index in [1.54, 1.807) is 31.2 Å². The second kappa shape index (κ2) is 10.1. The maximum atomic E-state index is 13.2. The van der Waals surface area contributed by atoms with Gasteiger partial charge in [0.05, 0.1) is 26.9 Å². The SMILES string of the molecule is CCN(Cc1cccc(N(CC)S(=O)(=O)c2cccc(C(F)(F)F)c2)c1)c1ccccc1Cl. The van der Waals surface area contributed by atoms with Crippen LogP contribution in [0.1, 0.15) is 25.0 Å². The van der Waals surface area contributed by atoms with Gasteiger partial charge in [-0.1, -0.05) is 41.9 Å². The highest BCUT2D eigenvalue weighted by Gasteiger charge is 2.33. The quantitative estimate of drug-likeness (QED) is 0.353. The lowest BCUT2D eigenvalue weighted by Crippen LogP contribution is -2.31. The normalized spacial score (nSPS) is 11.9. The number of nitrogens with zero attached hydrogens (tertiary/aromatic N) is 2. The van der Waals surface area contributed by atoms with Crippen LogP contribution < -0.4 is 9.21 Å². The molecule has 0 spiro atoms. The van der Waals surface area contributed by atoms with Crippen LogP contribution in [0.4, 0.5) is 24.5 Å². The molecule has 0 saturated heterocycles. The van der Waals surface area contributed by atoms with E-state index < -0.39 is 26.7 Å². The van der Waals surface area contributed by atoms with Crippen LogP contribution in [0.25, 0.3) is 0 Å². The first kappa shape index (κ1) is 24.9. The van der Waals surface area contributed by atoms with Crippen molar-refractivity contribution in [2.45, 2.75) is 31.5 Å². The fraction of sp³-hybridized carbons (Fsp3) is 0.250. The van der Waals surface area contributed by atoms with E-state index in [2.05, 4.69) is 4.90 Å². The number of sulfonamides is 1. The van der Waals surface area contributed by atoms with Crippen LogP contribution in [0.2, 0.25) is 5.02 Å². The lowest BCUT2D eigenvalue weighted by Gasteiger charge is -2.26. The molecule has 33 heavy (non-hydrogen) atoms. The molecular weight excluding hydrogens is 473 g/mol. The fourth-order valence-electron chi connectivity index (χ4n) is 3.56. The Morgan fingerprint density at radius 3 is 2.21 bits per heavy atom. The van der Waals surface area contributed by atoms with Gasteiger partial charge >= 0.3 is 6.18 Å². The number of para-hydroxylation sites is 1. The molecule has 3 aromatic rings. The zero-order valence-corrected chi connectivity index (χ0v) is 19.8. The molecule has 0 aromatic heterocycles. The fourth-order valence-corrected chi connectivity index (χ4v) is 5.32. The van der Waals surface area contributed by atoms with Gasteiger partial charge in [-0.3, -0.25) is 4.31 Å². The highest BCUT2D eigenvalue weighted by Crippen LogP contribution is 2.33. The first-order chi connectivity index (χ1) is 15.6. The van der Waals surface area contributed by atoms with Crippen LogP contribution in [0.3, 0.4) is 0 Å². The molecule has 0 aliphatic carbocycles. The lowest BCUT2D eigenvalue weighted by molar-refractivity contribution is -0.137. The van der Waals surface area contributed by atoms with Crippen molar-refractivity contribution in [3.05, 3.63) is 88.9 Å². The summed E-state index contributed by atoms with van der Waals surface area (Å²) < 4.78 is 66.9. The van der Waals surface area contributed by atoms with E-state index >= 15 is 0 Å². The summed E-state index contributed by atoms with van der Waals surface area (Å²) in [5, 5.41) is 0.609. The number of hydrogen-bond donors (Lipinski definition) is 0. The summed E-state index contributed by atoms with van der Waals surface area (Å²) in [6, 6.07) is 18.2. The maximum Gasteiger partial charge on any atom is 0.416 e. The second-order valence-corrected chi connectivity index (χ2v) is 9.60. The molecule has 9 heteroatoms. The summed E-state index contributed by atoms with van der Waals surface area (Å²) in [6.45, 7) is 4.84. The summed E-state index contributed by atoms with van der Waals surface area (Å²) in [6.07, 6.45) is -4.63. The van der Waals surface area contributed by atoms with Gasteiger partial charge in [0.1, 0.15) is 0 Å². The molecule has 0 N–H and O–H groups in total. The van der Waals surface area contributed by atoms with Gasteiger partial charge in [0.25, 0.3) is 10.0 Å². The molecule has 0 fully saturated rings. The highest BCUT2D eigenvalue weighted by molar-refractivity contribution is 7.92. The number of alkyl halides is 3. The van der Waals surface area contributed by atoms with Gasteiger partial charge in [-0.25, -0.2) is 8.42 Å². The van der Waals surface area contributed by atoms with Gasteiger partial charge < -0.3 is 4.90 Å². The third kappa shape index (κ3) is 5.62. The Kier molecular flexibility index (Phi) is 7.59. The van der Waals surface area contributed by atoms with Gasteiger partial charge in [0.2, 0.25) is 0 Å².